The molecular weight excluding hydrogens is 254 g/mol. The van der Waals surface area contributed by atoms with E-state index in [9.17, 15) is 8.78 Å². The number of halogens is 3. The Labute approximate surface area is 103 Å². The number of methoxy groups -OCH3 is 2. The molecule has 0 heterocycles. The molecule has 0 aliphatic rings. The Hall–Kier alpha value is -1.11. The molecule has 1 aromatic carbocycles. The van der Waals surface area contributed by atoms with E-state index in [1.807, 2.05) is 5.43 Å². The highest BCUT2D eigenvalue weighted by Gasteiger charge is 2.39. The fraction of sp³-hybridized carbons (Fsp3) is 0.400. The highest BCUT2D eigenvalue weighted by atomic mass is 35.5. The predicted molar refractivity (Wildman–Crippen MR) is 60.4 cm³/mol. The third-order valence-corrected chi connectivity index (χ3v) is 2.46. The summed E-state index contributed by atoms with van der Waals surface area (Å²) in [5.41, 5.74) is 2.09. The fourth-order valence-electron chi connectivity index (χ4n) is 1.43. The monoisotopic (exact) mass is 266 g/mol. The molecule has 0 aliphatic heterocycles. The summed E-state index contributed by atoms with van der Waals surface area (Å²) in [4.78, 5) is 0. The van der Waals surface area contributed by atoms with Gasteiger partial charge in [-0.15, -0.1) is 0 Å². The molecule has 0 saturated carbocycles. The van der Waals surface area contributed by atoms with Gasteiger partial charge in [0.05, 0.1) is 14.2 Å². The highest BCUT2D eigenvalue weighted by Crippen LogP contribution is 2.39. The van der Waals surface area contributed by atoms with Crippen LogP contribution in [0.15, 0.2) is 18.2 Å². The second-order valence-corrected chi connectivity index (χ2v) is 3.75. The van der Waals surface area contributed by atoms with Crippen molar-refractivity contribution in [1.82, 2.24) is 5.43 Å². The summed E-state index contributed by atoms with van der Waals surface area (Å²) in [6.45, 7) is 0. The van der Waals surface area contributed by atoms with E-state index in [-0.39, 0.29) is 11.3 Å². The van der Waals surface area contributed by atoms with Crippen molar-refractivity contribution in [2.75, 3.05) is 14.2 Å². The Balaban J connectivity index is 3.25. The Morgan fingerprint density at radius 3 is 2.41 bits per heavy atom. The maximum Gasteiger partial charge on any atom is 0.342 e. The van der Waals surface area contributed by atoms with Crippen LogP contribution in [-0.2, 0) is 0 Å². The number of benzene rings is 1. The summed E-state index contributed by atoms with van der Waals surface area (Å²) in [6.07, 6.45) is 0. The van der Waals surface area contributed by atoms with Crippen LogP contribution >= 0.6 is 11.6 Å². The molecule has 1 unspecified atom stereocenters. The number of hydrogen-bond donors (Lipinski definition) is 2. The molecule has 0 radical (unpaired) electrons. The van der Waals surface area contributed by atoms with Crippen LogP contribution in [-0.4, -0.2) is 19.6 Å². The normalized spacial score (nSPS) is 13.3. The van der Waals surface area contributed by atoms with E-state index in [0.29, 0.717) is 5.75 Å². The van der Waals surface area contributed by atoms with Crippen LogP contribution in [0, 0.1) is 0 Å². The summed E-state index contributed by atoms with van der Waals surface area (Å²) < 4.78 is 36.2. The number of hydrogen-bond acceptors (Lipinski definition) is 4. The molecule has 0 fully saturated rings. The number of alkyl halides is 3. The van der Waals surface area contributed by atoms with Crippen molar-refractivity contribution in [1.29, 1.82) is 0 Å². The first kappa shape index (κ1) is 14.0. The second-order valence-electron chi connectivity index (χ2n) is 3.25. The zero-order valence-electron chi connectivity index (χ0n) is 9.34. The van der Waals surface area contributed by atoms with Crippen molar-refractivity contribution in [3.8, 4) is 11.5 Å². The molecule has 1 aromatic rings. The van der Waals surface area contributed by atoms with E-state index in [2.05, 4.69) is 0 Å². The third kappa shape index (κ3) is 3.18. The second kappa shape index (κ2) is 5.48. The van der Waals surface area contributed by atoms with Gasteiger partial charge in [-0.05, 0) is 29.8 Å². The maximum atomic E-state index is 13.2. The molecule has 0 saturated heterocycles. The third-order valence-electron chi connectivity index (χ3n) is 2.24. The number of hydrazine groups is 1. The molecule has 0 spiro atoms. The van der Waals surface area contributed by atoms with Crippen molar-refractivity contribution >= 4 is 11.6 Å². The van der Waals surface area contributed by atoms with Gasteiger partial charge >= 0.3 is 5.38 Å². The summed E-state index contributed by atoms with van der Waals surface area (Å²) in [5, 5.41) is -3.55. The lowest BCUT2D eigenvalue weighted by Gasteiger charge is -2.23. The van der Waals surface area contributed by atoms with Crippen LogP contribution in [0.25, 0.3) is 0 Å². The molecule has 4 nitrogen and oxygen atoms in total. The lowest BCUT2D eigenvalue weighted by molar-refractivity contribution is 0.0487. The van der Waals surface area contributed by atoms with E-state index < -0.39 is 11.4 Å². The van der Waals surface area contributed by atoms with Crippen molar-refractivity contribution in [3.05, 3.63) is 23.8 Å². The van der Waals surface area contributed by atoms with Crippen molar-refractivity contribution < 1.29 is 18.3 Å². The van der Waals surface area contributed by atoms with Gasteiger partial charge in [-0.1, -0.05) is 0 Å². The van der Waals surface area contributed by atoms with Crippen LogP contribution in [0.2, 0.25) is 0 Å². The maximum absolute atomic E-state index is 13.2. The molecule has 1 atom stereocenters. The molecule has 1 rings (SSSR count). The summed E-state index contributed by atoms with van der Waals surface area (Å²) >= 11 is 4.99. The van der Waals surface area contributed by atoms with E-state index in [1.54, 1.807) is 6.07 Å². The average molecular weight is 267 g/mol. The van der Waals surface area contributed by atoms with Gasteiger partial charge in [-0.25, -0.2) is 5.43 Å². The number of ether oxygens (including phenoxy) is 2. The van der Waals surface area contributed by atoms with E-state index in [1.165, 1.54) is 26.4 Å². The number of nitrogens with two attached hydrogens (primary N) is 1. The molecule has 0 bridgehead atoms. The van der Waals surface area contributed by atoms with Gasteiger partial charge in [0.15, 0.2) is 0 Å². The Morgan fingerprint density at radius 2 is 2.00 bits per heavy atom. The molecular formula is C10H13ClF2N2O2. The topological polar surface area (TPSA) is 56.5 Å². The average Bonchev–Trinajstić information content (AvgIpc) is 2.28. The van der Waals surface area contributed by atoms with E-state index in [0.717, 1.165) is 0 Å². The van der Waals surface area contributed by atoms with Gasteiger partial charge < -0.3 is 9.47 Å². The van der Waals surface area contributed by atoms with Gasteiger partial charge in [0, 0.05) is 5.56 Å². The van der Waals surface area contributed by atoms with Crippen LogP contribution in [0.4, 0.5) is 8.78 Å². The largest absolute Gasteiger partial charge is 0.497 e. The van der Waals surface area contributed by atoms with Crippen LogP contribution in [0.1, 0.15) is 11.6 Å². The SMILES string of the molecule is COc1ccc(OC)c(C(NN)C(F)(F)Cl)c1. The summed E-state index contributed by atoms with van der Waals surface area (Å²) in [7, 11) is 2.79. The van der Waals surface area contributed by atoms with Crippen LogP contribution < -0.4 is 20.7 Å². The predicted octanol–water partition coefficient (Wildman–Crippen LogP) is 2.04. The Kier molecular flexibility index (Phi) is 4.50. The van der Waals surface area contributed by atoms with E-state index in [4.69, 9.17) is 26.9 Å². The molecule has 3 N–H and O–H groups in total. The first-order chi connectivity index (χ1) is 7.93. The fourth-order valence-corrected chi connectivity index (χ4v) is 1.61. The molecule has 0 aliphatic carbocycles. The zero-order valence-corrected chi connectivity index (χ0v) is 10.1. The zero-order chi connectivity index (χ0) is 13.1. The molecule has 0 aromatic heterocycles. The van der Waals surface area contributed by atoms with Crippen LogP contribution in [0.5, 0.6) is 11.5 Å². The quantitative estimate of drug-likeness (QED) is 0.486. The highest BCUT2D eigenvalue weighted by molar-refractivity contribution is 6.22. The summed E-state index contributed by atoms with van der Waals surface area (Å²) in [5.74, 6) is 5.74. The van der Waals surface area contributed by atoms with Crippen molar-refractivity contribution in [3.63, 3.8) is 0 Å². The smallest absolute Gasteiger partial charge is 0.342 e. The molecule has 0 amide bonds. The van der Waals surface area contributed by atoms with E-state index >= 15 is 0 Å². The number of nitrogens with one attached hydrogen (secondary N) is 1. The van der Waals surface area contributed by atoms with Gasteiger partial charge in [0.25, 0.3) is 0 Å². The minimum absolute atomic E-state index is 0.120. The number of rotatable bonds is 5. The Morgan fingerprint density at radius 1 is 1.35 bits per heavy atom. The lowest BCUT2D eigenvalue weighted by atomic mass is 10.1. The van der Waals surface area contributed by atoms with Gasteiger partial charge in [0.1, 0.15) is 17.5 Å². The van der Waals surface area contributed by atoms with Gasteiger partial charge in [-0.2, -0.15) is 8.78 Å². The first-order valence-electron chi connectivity index (χ1n) is 4.68. The summed E-state index contributed by atoms with van der Waals surface area (Å²) in [6, 6.07) is 2.90. The minimum Gasteiger partial charge on any atom is -0.497 e. The van der Waals surface area contributed by atoms with Crippen molar-refractivity contribution in [2.45, 2.75) is 11.4 Å². The lowest BCUT2D eigenvalue weighted by Crippen LogP contribution is -2.38. The minimum atomic E-state index is -3.55. The van der Waals surface area contributed by atoms with Crippen molar-refractivity contribution in [2.24, 2.45) is 5.84 Å². The standard InChI is InChI=1S/C10H13ClF2N2O2/c1-16-6-3-4-8(17-2)7(5-6)9(15-14)10(11,12)13/h3-5,9,15H,14H2,1-2H3. The molecule has 17 heavy (non-hydrogen) atoms. The first-order valence-corrected chi connectivity index (χ1v) is 5.06. The Bertz CT molecular complexity index is 385. The van der Waals surface area contributed by atoms with Gasteiger partial charge in [0.2, 0.25) is 0 Å². The van der Waals surface area contributed by atoms with Gasteiger partial charge in [-0.3, -0.25) is 5.84 Å². The van der Waals surface area contributed by atoms with Crippen LogP contribution in [0.3, 0.4) is 0 Å². The molecule has 7 heteroatoms. The molecule has 96 valence electrons.